The van der Waals surface area contributed by atoms with E-state index in [4.69, 9.17) is 23.2 Å². The third kappa shape index (κ3) is 3.53. The van der Waals surface area contributed by atoms with Crippen LogP contribution in [0.3, 0.4) is 0 Å². The summed E-state index contributed by atoms with van der Waals surface area (Å²) in [6, 6.07) is 7.55. The van der Waals surface area contributed by atoms with E-state index in [1.807, 2.05) is 31.2 Å². The third-order valence-electron chi connectivity index (χ3n) is 3.99. The minimum absolute atomic E-state index is 0.0410. The second-order valence-electron chi connectivity index (χ2n) is 5.82. The van der Waals surface area contributed by atoms with Crippen molar-refractivity contribution in [1.29, 1.82) is 0 Å². The Morgan fingerprint density at radius 1 is 1.29 bits per heavy atom. The van der Waals surface area contributed by atoms with Crippen molar-refractivity contribution in [1.82, 2.24) is 30.8 Å². The van der Waals surface area contributed by atoms with Crippen LogP contribution >= 0.6 is 23.2 Å². The van der Waals surface area contributed by atoms with Crippen LogP contribution in [0, 0.1) is 6.92 Å². The maximum atomic E-state index is 12.6. The van der Waals surface area contributed by atoms with Gasteiger partial charge in [-0.2, -0.15) is 4.68 Å². The number of hydrogen-bond acceptors (Lipinski definition) is 5. The molecule has 0 atom stereocenters. The Balaban J connectivity index is 1.83. The molecule has 0 bridgehead atoms. The zero-order valence-corrected chi connectivity index (χ0v) is 14.7. The molecule has 2 heterocycles. The number of amides is 1. The largest absolute Gasteiger partial charge is 0.350 e. The maximum Gasteiger partial charge on any atom is 0.264 e. The molecule has 24 heavy (non-hydrogen) atoms. The van der Waals surface area contributed by atoms with Gasteiger partial charge in [-0.25, -0.2) is 0 Å². The molecule has 7 nitrogen and oxygen atoms in total. The van der Waals surface area contributed by atoms with E-state index >= 15 is 0 Å². The van der Waals surface area contributed by atoms with Crippen LogP contribution in [0.15, 0.2) is 24.3 Å². The number of carbonyl (C=O) groups is 1. The minimum Gasteiger partial charge on any atom is -0.350 e. The summed E-state index contributed by atoms with van der Waals surface area (Å²) in [5.41, 5.74) is 1.78. The number of nitrogens with one attached hydrogen (secondary N) is 2. The highest BCUT2D eigenvalue weighted by Gasteiger charge is 2.42. The van der Waals surface area contributed by atoms with Crippen LogP contribution in [0.2, 0.25) is 0 Å². The molecule has 9 heteroatoms. The molecule has 1 aromatic heterocycles. The summed E-state index contributed by atoms with van der Waals surface area (Å²) in [7, 11) is 0. The maximum absolute atomic E-state index is 12.6. The minimum atomic E-state index is -1.88. The molecule has 1 fully saturated rings. The monoisotopic (exact) mass is 368 g/mol. The molecule has 2 aromatic rings. The molecule has 0 radical (unpaired) electrons. The van der Waals surface area contributed by atoms with Gasteiger partial charge in [-0.15, -0.1) is 5.10 Å². The zero-order valence-electron chi connectivity index (χ0n) is 13.2. The van der Waals surface area contributed by atoms with Gasteiger partial charge in [0.2, 0.25) is 5.82 Å². The van der Waals surface area contributed by atoms with Crippen LogP contribution in [0.5, 0.6) is 0 Å². The van der Waals surface area contributed by atoms with Crippen LogP contribution in [-0.4, -0.2) is 45.2 Å². The molecule has 0 saturated carbocycles. The number of alkyl halides is 2. The lowest BCUT2D eigenvalue weighted by Gasteiger charge is -2.26. The van der Waals surface area contributed by atoms with Crippen LogP contribution < -0.4 is 10.6 Å². The number of tetrazole rings is 1. The molecule has 1 aliphatic heterocycles. The van der Waals surface area contributed by atoms with Gasteiger partial charge < -0.3 is 10.6 Å². The molecule has 3 rings (SSSR count). The van der Waals surface area contributed by atoms with Gasteiger partial charge in [0.1, 0.15) is 0 Å². The summed E-state index contributed by atoms with van der Waals surface area (Å²) in [6.07, 6.45) is 1.66. The fraction of sp³-hybridized carbons (Fsp3) is 0.467. The van der Waals surface area contributed by atoms with E-state index in [1.54, 1.807) is 0 Å². The Morgan fingerprint density at radius 3 is 2.62 bits per heavy atom. The number of rotatable bonds is 4. The highest BCUT2D eigenvalue weighted by molar-refractivity contribution is 6.57. The van der Waals surface area contributed by atoms with Crippen LogP contribution in [0.4, 0.5) is 0 Å². The molecule has 0 aliphatic carbocycles. The van der Waals surface area contributed by atoms with Crippen LogP contribution in [0.1, 0.15) is 24.2 Å². The first-order valence-electron chi connectivity index (χ1n) is 7.74. The SMILES string of the molecule is Cc1ccc(-n2nnnc2C(Cl)(Cl)C(=O)NC2CCNCC2)cc1. The first-order valence-corrected chi connectivity index (χ1v) is 8.49. The van der Waals surface area contributed by atoms with E-state index in [9.17, 15) is 4.79 Å². The Hall–Kier alpha value is -1.70. The van der Waals surface area contributed by atoms with Crippen molar-refractivity contribution >= 4 is 29.1 Å². The second-order valence-corrected chi connectivity index (χ2v) is 7.15. The number of hydrogen-bond donors (Lipinski definition) is 2. The zero-order chi connectivity index (χ0) is 17.2. The lowest BCUT2D eigenvalue weighted by atomic mass is 10.1. The van der Waals surface area contributed by atoms with Gasteiger partial charge in [0.15, 0.2) is 0 Å². The molecule has 1 saturated heterocycles. The number of benzene rings is 1. The van der Waals surface area contributed by atoms with Gasteiger partial charge in [-0.3, -0.25) is 4.79 Å². The molecular formula is C15H18Cl2N6O. The van der Waals surface area contributed by atoms with Crippen molar-refractivity contribution in [3.05, 3.63) is 35.7 Å². The number of aromatic nitrogens is 4. The number of aryl methyl sites for hydroxylation is 1. The smallest absolute Gasteiger partial charge is 0.264 e. The molecule has 128 valence electrons. The molecule has 0 unspecified atom stereocenters. The second kappa shape index (κ2) is 7.04. The Bertz CT molecular complexity index is 709. The highest BCUT2D eigenvalue weighted by Crippen LogP contribution is 2.33. The lowest BCUT2D eigenvalue weighted by molar-refractivity contribution is -0.123. The van der Waals surface area contributed by atoms with E-state index < -0.39 is 10.2 Å². The van der Waals surface area contributed by atoms with E-state index in [1.165, 1.54) is 4.68 Å². The third-order valence-corrected chi connectivity index (χ3v) is 4.67. The quantitative estimate of drug-likeness (QED) is 0.798. The number of halogens is 2. The number of piperidine rings is 1. The summed E-state index contributed by atoms with van der Waals surface area (Å²) >= 11 is 12.7. The predicted molar refractivity (Wildman–Crippen MR) is 91.3 cm³/mol. The predicted octanol–water partition coefficient (Wildman–Crippen LogP) is 1.47. The molecule has 1 amide bonds. The van der Waals surface area contributed by atoms with Gasteiger partial charge in [-0.1, -0.05) is 40.9 Å². The fourth-order valence-corrected chi connectivity index (χ4v) is 2.93. The summed E-state index contributed by atoms with van der Waals surface area (Å²) in [6.45, 7) is 3.68. The van der Waals surface area contributed by atoms with Gasteiger partial charge in [0.05, 0.1) is 5.69 Å². The van der Waals surface area contributed by atoms with Crippen LogP contribution in [-0.2, 0) is 9.13 Å². The Labute approximate surface area is 149 Å². The summed E-state index contributed by atoms with van der Waals surface area (Å²) < 4.78 is -0.499. The van der Waals surface area contributed by atoms with Crippen molar-refractivity contribution in [2.24, 2.45) is 0 Å². The van der Waals surface area contributed by atoms with Crippen molar-refractivity contribution < 1.29 is 4.79 Å². The summed E-state index contributed by atoms with van der Waals surface area (Å²) in [5, 5.41) is 17.5. The van der Waals surface area contributed by atoms with Gasteiger partial charge in [0.25, 0.3) is 10.2 Å². The summed E-state index contributed by atoms with van der Waals surface area (Å²) in [5.74, 6) is -0.443. The van der Waals surface area contributed by atoms with Crippen LogP contribution in [0.25, 0.3) is 5.69 Å². The van der Waals surface area contributed by atoms with E-state index in [-0.39, 0.29) is 11.9 Å². The molecule has 0 spiro atoms. The number of carbonyl (C=O) groups excluding carboxylic acids is 1. The standard InChI is InChI=1S/C15H18Cl2N6O/c1-10-2-4-12(5-3-10)23-13(20-21-22-23)15(16,17)14(24)19-11-6-8-18-9-7-11/h2-5,11,18H,6-9H2,1H3,(H,19,24). The molecule has 1 aromatic carbocycles. The first-order chi connectivity index (χ1) is 11.5. The summed E-state index contributed by atoms with van der Waals surface area (Å²) in [4.78, 5) is 12.6. The van der Waals surface area contributed by atoms with Gasteiger partial charge >= 0.3 is 0 Å². The van der Waals surface area contributed by atoms with Gasteiger partial charge in [-0.05, 0) is 55.4 Å². The average Bonchev–Trinajstić information content (AvgIpc) is 3.07. The van der Waals surface area contributed by atoms with Crippen molar-refractivity contribution in [2.45, 2.75) is 30.1 Å². The molecular weight excluding hydrogens is 351 g/mol. The molecule has 2 N–H and O–H groups in total. The average molecular weight is 369 g/mol. The van der Waals surface area contributed by atoms with Crippen molar-refractivity contribution in [3.8, 4) is 5.69 Å². The number of nitrogens with zero attached hydrogens (tertiary/aromatic N) is 4. The van der Waals surface area contributed by atoms with Crippen molar-refractivity contribution in [3.63, 3.8) is 0 Å². The Morgan fingerprint density at radius 2 is 1.96 bits per heavy atom. The molecule has 1 aliphatic rings. The fourth-order valence-electron chi connectivity index (χ4n) is 2.59. The van der Waals surface area contributed by atoms with Crippen molar-refractivity contribution in [2.75, 3.05) is 13.1 Å². The van der Waals surface area contributed by atoms with E-state index in [0.717, 1.165) is 31.5 Å². The normalized spacial score (nSPS) is 16.1. The topological polar surface area (TPSA) is 84.7 Å². The first kappa shape index (κ1) is 17.1. The lowest BCUT2D eigenvalue weighted by Crippen LogP contribution is -2.47. The Kier molecular flexibility index (Phi) is 5.03. The van der Waals surface area contributed by atoms with E-state index in [0.29, 0.717) is 5.69 Å². The van der Waals surface area contributed by atoms with Gasteiger partial charge in [0, 0.05) is 6.04 Å². The highest BCUT2D eigenvalue weighted by atomic mass is 35.5. The van der Waals surface area contributed by atoms with E-state index in [2.05, 4.69) is 26.2 Å².